The van der Waals surface area contributed by atoms with E-state index < -0.39 is 5.60 Å². The highest BCUT2D eigenvalue weighted by molar-refractivity contribution is 5.48. The summed E-state index contributed by atoms with van der Waals surface area (Å²) in [5, 5.41) is 9.04. The van der Waals surface area contributed by atoms with Gasteiger partial charge in [0.25, 0.3) is 0 Å². The zero-order valence-electron chi connectivity index (χ0n) is 12.2. The van der Waals surface area contributed by atoms with Crippen LogP contribution in [0, 0.1) is 17.1 Å². The molecular formula is C19H16FNO. The number of allylic oxidation sites excluding steroid dienone is 1. The van der Waals surface area contributed by atoms with E-state index in [2.05, 4.69) is 12.6 Å². The Balaban J connectivity index is 2.12. The fourth-order valence-corrected chi connectivity index (χ4v) is 3.07. The number of nitriles is 1. The van der Waals surface area contributed by atoms with E-state index in [0.717, 1.165) is 29.5 Å². The van der Waals surface area contributed by atoms with Gasteiger partial charge in [-0.15, -0.1) is 6.58 Å². The summed E-state index contributed by atoms with van der Waals surface area (Å²) in [5.41, 5.74) is 3.04. The number of halogens is 1. The maximum Gasteiger partial charge on any atom is 0.123 e. The van der Waals surface area contributed by atoms with Gasteiger partial charge >= 0.3 is 0 Å². The summed E-state index contributed by atoms with van der Waals surface area (Å²) >= 11 is 0. The third-order valence-corrected chi connectivity index (χ3v) is 4.15. The molecule has 0 fully saturated rings. The van der Waals surface area contributed by atoms with Crippen LogP contribution >= 0.6 is 0 Å². The Hall–Kier alpha value is -2.44. The van der Waals surface area contributed by atoms with Gasteiger partial charge in [-0.2, -0.15) is 5.26 Å². The Morgan fingerprint density at radius 2 is 2.05 bits per heavy atom. The lowest BCUT2D eigenvalue weighted by atomic mass is 9.81. The van der Waals surface area contributed by atoms with Crippen molar-refractivity contribution in [1.82, 2.24) is 0 Å². The zero-order chi connectivity index (χ0) is 15.6. The SMILES string of the molecule is C=CCCC1(c2ccc(F)cc2)OCc2cc(C#N)ccc21. The molecule has 0 spiro atoms. The smallest absolute Gasteiger partial charge is 0.123 e. The number of nitrogens with zero attached hydrogens (tertiary/aromatic N) is 1. The van der Waals surface area contributed by atoms with Crippen molar-refractivity contribution < 1.29 is 9.13 Å². The Morgan fingerprint density at radius 1 is 1.27 bits per heavy atom. The minimum Gasteiger partial charge on any atom is -0.361 e. The van der Waals surface area contributed by atoms with Gasteiger partial charge in [0.2, 0.25) is 0 Å². The van der Waals surface area contributed by atoms with E-state index in [1.807, 2.05) is 18.2 Å². The fourth-order valence-electron chi connectivity index (χ4n) is 3.07. The molecule has 2 nitrogen and oxygen atoms in total. The summed E-state index contributed by atoms with van der Waals surface area (Å²) in [5.74, 6) is -0.263. The maximum atomic E-state index is 13.3. The zero-order valence-corrected chi connectivity index (χ0v) is 12.2. The van der Waals surface area contributed by atoms with Crippen molar-refractivity contribution in [3.05, 3.63) is 83.2 Å². The lowest BCUT2D eigenvalue weighted by Crippen LogP contribution is -2.26. The Labute approximate surface area is 129 Å². The van der Waals surface area contributed by atoms with Gasteiger partial charge < -0.3 is 4.74 Å². The minimum atomic E-state index is -0.592. The van der Waals surface area contributed by atoms with Crippen molar-refractivity contribution in [3.63, 3.8) is 0 Å². The highest BCUT2D eigenvalue weighted by Gasteiger charge is 2.41. The summed E-state index contributed by atoms with van der Waals surface area (Å²) in [6.07, 6.45) is 3.38. The first kappa shape index (κ1) is 14.5. The van der Waals surface area contributed by atoms with Crippen LogP contribution in [0.25, 0.3) is 0 Å². The van der Waals surface area contributed by atoms with E-state index in [0.29, 0.717) is 12.2 Å². The first-order valence-electron chi connectivity index (χ1n) is 7.24. The second-order valence-corrected chi connectivity index (χ2v) is 5.43. The molecule has 0 amide bonds. The molecule has 1 unspecified atom stereocenters. The molecule has 0 radical (unpaired) electrons. The molecule has 0 aromatic heterocycles. The average Bonchev–Trinajstić information content (AvgIpc) is 2.92. The molecule has 0 aliphatic carbocycles. The van der Waals surface area contributed by atoms with Crippen molar-refractivity contribution in [2.45, 2.75) is 25.0 Å². The molecular weight excluding hydrogens is 277 g/mol. The van der Waals surface area contributed by atoms with E-state index in [1.165, 1.54) is 12.1 Å². The van der Waals surface area contributed by atoms with Gasteiger partial charge in [0.05, 0.1) is 18.2 Å². The molecule has 2 aromatic carbocycles. The third kappa shape index (κ3) is 2.32. The van der Waals surface area contributed by atoms with Gasteiger partial charge in [0.15, 0.2) is 0 Å². The number of rotatable bonds is 4. The lowest BCUT2D eigenvalue weighted by molar-refractivity contribution is -0.0109. The molecule has 3 rings (SSSR count). The Morgan fingerprint density at radius 3 is 2.73 bits per heavy atom. The van der Waals surface area contributed by atoms with Crippen LogP contribution in [0.1, 0.15) is 35.1 Å². The monoisotopic (exact) mass is 293 g/mol. The first-order chi connectivity index (χ1) is 10.7. The van der Waals surface area contributed by atoms with Crippen molar-refractivity contribution >= 4 is 0 Å². The van der Waals surface area contributed by atoms with Crippen LogP contribution in [0.15, 0.2) is 55.1 Å². The van der Waals surface area contributed by atoms with Crippen molar-refractivity contribution in [1.29, 1.82) is 5.26 Å². The highest BCUT2D eigenvalue weighted by Crippen LogP contribution is 2.45. The van der Waals surface area contributed by atoms with Crippen molar-refractivity contribution in [2.75, 3.05) is 0 Å². The lowest BCUT2D eigenvalue weighted by Gasteiger charge is -2.30. The quantitative estimate of drug-likeness (QED) is 0.781. The normalized spacial score (nSPS) is 19.5. The van der Waals surface area contributed by atoms with E-state index in [4.69, 9.17) is 10.00 Å². The second-order valence-electron chi connectivity index (χ2n) is 5.43. The van der Waals surface area contributed by atoms with E-state index >= 15 is 0 Å². The number of benzene rings is 2. The summed E-state index contributed by atoms with van der Waals surface area (Å²) in [4.78, 5) is 0. The molecule has 2 aromatic rings. The predicted octanol–water partition coefficient (Wildman–Crippen LogP) is 4.44. The third-order valence-electron chi connectivity index (χ3n) is 4.15. The number of ether oxygens (including phenoxy) is 1. The molecule has 0 saturated heterocycles. The largest absolute Gasteiger partial charge is 0.361 e. The summed E-state index contributed by atoms with van der Waals surface area (Å²) in [6.45, 7) is 4.24. The van der Waals surface area contributed by atoms with Gasteiger partial charge in [0, 0.05) is 0 Å². The summed E-state index contributed by atoms with van der Waals surface area (Å²) in [7, 11) is 0. The van der Waals surface area contributed by atoms with Gasteiger partial charge in [-0.25, -0.2) is 4.39 Å². The van der Waals surface area contributed by atoms with Crippen LogP contribution in [-0.4, -0.2) is 0 Å². The van der Waals surface area contributed by atoms with Crippen LogP contribution in [-0.2, 0) is 16.9 Å². The maximum absolute atomic E-state index is 13.3. The minimum absolute atomic E-state index is 0.263. The molecule has 1 aliphatic heterocycles. The van der Waals surface area contributed by atoms with Crippen LogP contribution in [0.2, 0.25) is 0 Å². The molecule has 0 saturated carbocycles. The average molecular weight is 293 g/mol. The predicted molar refractivity (Wildman–Crippen MR) is 82.6 cm³/mol. The van der Waals surface area contributed by atoms with Crippen LogP contribution in [0.4, 0.5) is 4.39 Å². The molecule has 22 heavy (non-hydrogen) atoms. The topological polar surface area (TPSA) is 33.0 Å². The van der Waals surface area contributed by atoms with E-state index in [-0.39, 0.29) is 5.82 Å². The van der Waals surface area contributed by atoms with Gasteiger partial charge in [-0.3, -0.25) is 0 Å². The first-order valence-corrected chi connectivity index (χ1v) is 7.24. The van der Waals surface area contributed by atoms with Crippen LogP contribution in [0.5, 0.6) is 0 Å². The molecule has 110 valence electrons. The van der Waals surface area contributed by atoms with Crippen LogP contribution < -0.4 is 0 Å². The van der Waals surface area contributed by atoms with E-state index in [1.54, 1.807) is 18.2 Å². The standard InChI is InChI=1S/C19H16FNO/c1-2-3-10-19(16-5-7-17(20)8-6-16)18-9-4-14(12-21)11-15(18)13-22-19/h2,4-9,11H,1,3,10,13H2. The van der Waals surface area contributed by atoms with Gasteiger partial charge in [-0.05, 0) is 53.8 Å². The van der Waals surface area contributed by atoms with Crippen molar-refractivity contribution in [2.24, 2.45) is 0 Å². The number of hydrogen-bond acceptors (Lipinski definition) is 2. The van der Waals surface area contributed by atoms with E-state index in [9.17, 15) is 4.39 Å². The molecule has 1 atom stereocenters. The fraction of sp³-hybridized carbons (Fsp3) is 0.211. The van der Waals surface area contributed by atoms with Crippen LogP contribution in [0.3, 0.4) is 0 Å². The molecule has 0 N–H and O–H groups in total. The number of hydrogen-bond donors (Lipinski definition) is 0. The van der Waals surface area contributed by atoms with Crippen molar-refractivity contribution in [3.8, 4) is 6.07 Å². The molecule has 1 heterocycles. The Bertz CT molecular complexity index is 745. The molecule has 1 aliphatic rings. The van der Waals surface area contributed by atoms with Gasteiger partial charge in [0.1, 0.15) is 11.4 Å². The summed E-state index contributed by atoms with van der Waals surface area (Å²) < 4.78 is 19.4. The summed E-state index contributed by atoms with van der Waals surface area (Å²) in [6, 6.07) is 14.2. The van der Waals surface area contributed by atoms with Gasteiger partial charge in [-0.1, -0.05) is 24.3 Å². The molecule has 0 bridgehead atoms. The second kappa shape index (κ2) is 5.75. The molecule has 3 heteroatoms. The Kier molecular flexibility index (Phi) is 3.79. The number of fused-ring (bicyclic) bond motifs is 1. The highest BCUT2D eigenvalue weighted by atomic mass is 19.1.